The summed E-state index contributed by atoms with van der Waals surface area (Å²) in [6, 6.07) is 8.87. The fourth-order valence-corrected chi connectivity index (χ4v) is 4.18. The number of pyridine rings is 1. The average molecular weight is 326 g/mol. The van der Waals surface area contributed by atoms with Crippen molar-refractivity contribution in [3.05, 3.63) is 53.5 Å². The van der Waals surface area contributed by atoms with Gasteiger partial charge in [0.05, 0.1) is 5.56 Å². The van der Waals surface area contributed by atoms with Crippen molar-refractivity contribution in [2.24, 2.45) is 17.6 Å². The van der Waals surface area contributed by atoms with E-state index in [1.54, 1.807) is 0 Å². The number of nitrogens with two attached hydrogens (primary N) is 1. The molecule has 0 saturated heterocycles. The molecular formula is C19H19FN2O2. The lowest BCUT2D eigenvalue weighted by molar-refractivity contribution is 0.0999. The maximum atomic E-state index is 13.9. The third kappa shape index (κ3) is 2.75. The van der Waals surface area contributed by atoms with E-state index in [4.69, 9.17) is 10.5 Å². The fourth-order valence-electron chi connectivity index (χ4n) is 4.18. The molecule has 1 aromatic carbocycles. The molecule has 5 heteroatoms. The number of hydrogen-bond donors (Lipinski definition) is 1. The molecule has 0 spiro atoms. The summed E-state index contributed by atoms with van der Waals surface area (Å²) in [4.78, 5) is 14.8. The Kier molecular flexibility index (Phi) is 3.71. The van der Waals surface area contributed by atoms with E-state index in [0.29, 0.717) is 11.7 Å². The minimum absolute atomic E-state index is 0.0199. The Morgan fingerprint density at radius 2 is 2.00 bits per heavy atom. The molecule has 2 aliphatic carbocycles. The summed E-state index contributed by atoms with van der Waals surface area (Å²) in [7, 11) is 0. The number of carbonyl (C=O) groups excluding carboxylic acids is 1. The Morgan fingerprint density at radius 3 is 2.58 bits per heavy atom. The number of primary amides is 1. The van der Waals surface area contributed by atoms with Gasteiger partial charge in [0, 0.05) is 6.20 Å². The zero-order valence-electron chi connectivity index (χ0n) is 13.2. The number of aromatic nitrogens is 1. The van der Waals surface area contributed by atoms with Crippen molar-refractivity contribution in [1.29, 1.82) is 0 Å². The van der Waals surface area contributed by atoms with Crippen molar-refractivity contribution in [1.82, 2.24) is 4.98 Å². The van der Waals surface area contributed by atoms with Crippen LogP contribution in [0.3, 0.4) is 0 Å². The van der Waals surface area contributed by atoms with Crippen LogP contribution >= 0.6 is 0 Å². The van der Waals surface area contributed by atoms with E-state index in [-0.39, 0.29) is 11.4 Å². The van der Waals surface area contributed by atoms with E-state index in [1.807, 2.05) is 12.1 Å². The topological polar surface area (TPSA) is 65.2 Å². The Bertz CT molecular complexity index is 775. The van der Waals surface area contributed by atoms with Crippen LogP contribution in [0.1, 0.15) is 47.5 Å². The zero-order valence-corrected chi connectivity index (χ0v) is 13.2. The predicted octanol–water partition coefficient (Wildman–Crippen LogP) is 4.02. The van der Waals surface area contributed by atoms with Gasteiger partial charge in [-0.1, -0.05) is 18.6 Å². The van der Waals surface area contributed by atoms with Gasteiger partial charge >= 0.3 is 0 Å². The van der Waals surface area contributed by atoms with Crippen molar-refractivity contribution < 1.29 is 13.9 Å². The van der Waals surface area contributed by atoms with E-state index >= 15 is 0 Å². The van der Waals surface area contributed by atoms with Gasteiger partial charge in [0.1, 0.15) is 5.75 Å². The molecule has 1 aromatic heterocycles. The summed E-state index contributed by atoms with van der Waals surface area (Å²) >= 11 is 0. The Labute approximate surface area is 139 Å². The molecule has 3 atom stereocenters. The molecule has 1 unspecified atom stereocenters. The quantitative estimate of drug-likeness (QED) is 0.923. The molecule has 2 aliphatic rings. The van der Waals surface area contributed by atoms with Gasteiger partial charge in [-0.2, -0.15) is 0 Å². The maximum Gasteiger partial charge on any atom is 0.255 e. The van der Waals surface area contributed by atoms with E-state index < -0.39 is 11.7 Å². The standard InChI is InChI=1S/C19H19FN2O2/c20-17-9-14(18(21)23)10-22-19(17)24-15-5-3-12(4-6-15)16-8-11-1-2-13(16)7-11/h3-6,9-11,13,16H,1-2,7-8H2,(H2,21,23)/t11-,13+,16?/m1/s1. The predicted molar refractivity (Wildman–Crippen MR) is 87.4 cm³/mol. The normalized spacial score (nSPS) is 25.0. The van der Waals surface area contributed by atoms with Crippen molar-refractivity contribution >= 4 is 5.91 Å². The van der Waals surface area contributed by atoms with E-state index in [2.05, 4.69) is 17.1 Å². The van der Waals surface area contributed by atoms with Crippen molar-refractivity contribution in [3.8, 4) is 11.6 Å². The molecule has 4 rings (SSSR count). The molecule has 1 heterocycles. The van der Waals surface area contributed by atoms with E-state index in [1.165, 1.54) is 37.4 Å². The first-order valence-corrected chi connectivity index (χ1v) is 8.33. The number of nitrogens with zero attached hydrogens (tertiary/aromatic N) is 1. The van der Waals surface area contributed by atoms with Gasteiger partial charge in [0.15, 0.2) is 5.82 Å². The van der Waals surface area contributed by atoms with Crippen molar-refractivity contribution in [3.63, 3.8) is 0 Å². The lowest BCUT2D eigenvalue weighted by atomic mass is 9.83. The van der Waals surface area contributed by atoms with Crippen molar-refractivity contribution in [2.75, 3.05) is 0 Å². The summed E-state index contributed by atoms with van der Waals surface area (Å²) in [5, 5.41) is 0. The van der Waals surface area contributed by atoms with Gasteiger partial charge in [-0.25, -0.2) is 9.37 Å². The third-order valence-corrected chi connectivity index (χ3v) is 5.35. The number of ether oxygens (including phenoxy) is 1. The molecule has 2 N–H and O–H groups in total. The number of rotatable bonds is 4. The Morgan fingerprint density at radius 1 is 1.21 bits per heavy atom. The number of hydrogen-bond acceptors (Lipinski definition) is 3. The lowest BCUT2D eigenvalue weighted by Gasteiger charge is -2.22. The second kappa shape index (κ2) is 5.89. The molecule has 4 nitrogen and oxygen atoms in total. The maximum absolute atomic E-state index is 13.9. The molecule has 2 fully saturated rings. The van der Waals surface area contributed by atoms with Crippen LogP contribution in [0.15, 0.2) is 36.5 Å². The first kappa shape index (κ1) is 15.1. The smallest absolute Gasteiger partial charge is 0.255 e. The molecule has 0 radical (unpaired) electrons. The molecule has 24 heavy (non-hydrogen) atoms. The number of fused-ring (bicyclic) bond motifs is 2. The van der Waals surface area contributed by atoms with Gasteiger partial charge in [-0.3, -0.25) is 4.79 Å². The van der Waals surface area contributed by atoms with Crippen LogP contribution in [0, 0.1) is 17.7 Å². The first-order chi connectivity index (χ1) is 11.6. The van der Waals surface area contributed by atoms with Gasteiger partial charge < -0.3 is 10.5 Å². The van der Waals surface area contributed by atoms with E-state index in [9.17, 15) is 9.18 Å². The van der Waals surface area contributed by atoms with Crippen LogP contribution in [0.25, 0.3) is 0 Å². The summed E-state index contributed by atoms with van der Waals surface area (Å²) in [5.41, 5.74) is 6.46. The highest BCUT2D eigenvalue weighted by atomic mass is 19.1. The monoisotopic (exact) mass is 326 g/mol. The van der Waals surface area contributed by atoms with Gasteiger partial charge in [0.25, 0.3) is 5.88 Å². The lowest BCUT2D eigenvalue weighted by Crippen LogP contribution is -2.11. The number of benzene rings is 1. The number of amides is 1. The van der Waals surface area contributed by atoms with Crippen LogP contribution in [0.2, 0.25) is 0 Å². The fraction of sp³-hybridized carbons (Fsp3) is 0.368. The summed E-state index contributed by atoms with van der Waals surface area (Å²) in [6.07, 6.45) is 6.59. The summed E-state index contributed by atoms with van der Waals surface area (Å²) < 4.78 is 19.4. The van der Waals surface area contributed by atoms with Crippen LogP contribution in [0.4, 0.5) is 4.39 Å². The molecular weight excluding hydrogens is 307 g/mol. The first-order valence-electron chi connectivity index (χ1n) is 8.33. The molecule has 0 aliphatic heterocycles. The highest BCUT2D eigenvalue weighted by Crippen LogP contribution is 2.52. The highest BCUT2D eigenvalue weighted by molar-refractivity contribution is 5.92. The Balaban J connectivity index is 1.48. The van der Waals surface area contributed by atoms with Crippen LogP contribution in [-0.4, -0.2) is 10.9 Å². The molecule has 2 aromatic rings. The molecule has 2 bridgehead atoms. The largest absolute Gasteiger partial charge is 0.436 e. The molecule has 1 amide bonds. The number of carbonyl (C=O) groups is 1. The second-order valence-electron chi connectivity index (χ2n) is 6.83. The highest BCUT2D eigenvalue weighted by Gasteiger charge is 2.39. The van der Waals surface area contributed by atoms with Crippen LogP contribution in [-0.2, 0) is 0 Å². The SMILES string of the molecule is NC(=O)c1cnc(Oc2ccc(C3C[C@@H]4CC[C@H]3C4)cc2)c(F)c1. The molecule has 124 valence electrons. The minimum atomic E-state index is -0.719. The van der Waals surface area contributed by atoms with E-state index in [0.717, 1.165) is 17.9 Å². The number of halogens is 1. The second-order valence-corrected chi connectivity index (χ2v) is 6.83. The zero-order chi connectivity index (χ0) is 16.7. The Hall–Kier alpha value is -2.43. The summed E-state index contributed by atoms with van der Waals surface area (Å²) in [6.45, 7) is 0. The summed E-state index contributed by atoms with van der Waals surface area (Å²) in [5.74, 6) is 1.32. The third-order valence-electron chi connectivity index (χ3n) is 5.35. The van der Waals surface area contributed by atoms with Gasteiger partial charge in [-0.05, 0) is 60.8 Å². The van der Waals surface area contributed by atoms with Gasteiger partial charge in [-0.15, -0.1) is 0 Å². The van der Waals surface area contributed by atoms with Crippen LogP contribution in [0.5, 0.6) is 11.6 Å². The average Bonchev–Trinajstić information content (AvgIpc) is 3.20. The van der Waals surface area contributed by atoms with Gasteiger partial charge in [0.2, 0.25) is 5.91 Å². The molecule has 2 saturated carbocycles. The van der Waals surface area contributed by atoms with Crippen molar-refractivity contribution in [2.45, 2.75) is 31.6 Å². The van der Waals surface area contributed by atoms with Crippen LogP contribution < -0.4 is 10.5 Å². The minimum Gasteiger partial charge on any atom is -0.436 e.